The highest BCUT2D eigenvalue weighted by Crippen LogP contribution is 2.39. The second kappa shape index (κ2) is 23.3. The summed E-state index contributed by atoms with van der Waals surface area (Å²) in [7, 11) is 0. The first-order chi connectivity index (χ1) is 23.8. The third-order valence-electron chi connectivity index (χ3n) is 9.67. The van der Waals surface area contributed by atoms with Gasteiger partial charge in [-0.2, -0.15) is 0 Å². The minimum atomic E-state index is -0.312. The lowest BCUT2D eigenvalue weighted by Crippen LogP contribution is -2.25. The highest BCUT2D eigenvalue weighted by Gasteiger charge is 2.49. The number of hydrogen-bond acceptors (Lipinski definition) is 5. The van der Waals surface area contributed by atoms with Crippen molar-refractivity contribution in [1.29, 1.82) is 0 Å². The summed E-state index contributed by atoms with van der Waals surface area (Å²) in [6, 6.07) is 17.2. The van der Waals surface area contributed by atoms with E-state index in [4.69, 9.17) is 14.2 Å². The number of benzene rings is 2. The van der Waals surface area contributed by atoms with Gasteiger partial charge in [0.2, 0.25) is 0 Å². The van der Waals surface area contributed by atoms with Gasteiger partial charge in [-0.05, 0) is 75.1 Å². The van der Waals surface area contributed by atoms with E-state index in [0.29, 0.717) is 31.6 Å². The summed E-state index contributed by atoms with van der Waals surface area (Å²) in [5.74, 6) is 0.588. The van der Waals surface area contributed by atoms with E-state index in [-0.39, 0.29) is 29.7 Å². The SMILES string of the molecule is CCCCCCCCCCCCCCCCCC(=O)OC(CC1OC1(C)C)C(C)=CCOc1ccc(CCNC(=O)c2ccccc2)cc1. The number of epoxide rings is 1. The predicted molar refractivity (Wildman–Crippen MR) is 201 cm³/mol. The van der Waals surface area contributed by atoms with Crippen molar-refractivity contribution in [2.75, 3.05) is 13.2 Å². The Kier molecular flexibility index (Phi) is 19.2. The Bertz CT molecular complexity index is 1220. The highest BCUT2D eigenvalue weighted by atomic mass is 16.6. The Morgan fingerprint density at radius 2 is 1.37 bits per heavy atom. The van der Waals surface area contributed by atoms with Gasteiger partial charge in [-0.25, -0.2) is 0 Å². The van der Waals surface area contributed by atoms with Gasteiger partial charge in [0, 0.05) is 24.9 Å². The maximum absolute atomic E-state index is 12.8. The Hall–Kier alpha value is -3.12. The molecule has 0 bridgehead atoms. The fourth-order valence-corrected chi connectivity index (χ4v) is 6.21. The smallest absolute Gasteiger partial charge is 0.306 e. The standard InChI is InChI=1S/C43H65NO5/c1-5-6-7-8-9-10-11-12-13-14-15-16-17-18-22-25-41(45)48-39(34-40-43(3,4)49-40)35(2)31-33-47-38-28-26-36(27-29-38)30-32-44-42(46)37-23-20-19-21-24-37/h19-21,23-24,26-29,31,39-40H,5-18,22,25,30,32-34H2,1-4H3,(H,44,46). The summed E-state index contributed by atoms with van der Waals surface area (Å²) >= 11 is 0. The normalized spacial score (nSPS) is 15.8. The molecule has 1 aliphatic rings. The molecular formula is C43H65NO5. The number of hydrogen-bond donors (Lipinski definition) is 1. The first-order valence-electron chi connectivity index (χ1n) is 19.4. The van der Waals surface area contributed by atoms with Crippen LogP contribution in [-0.2, 0) is 20.7 Å². The lowest BCUT2D eigenvalue weighted by Gasteiger charge is -2.19. The molecule has 2 aromatic carbocycles. The molecule has 3 rings (SSSR count). The maximum Gasteiger partial charge on any atom is 0.306 e. The molecule has 0 saturated carbocycles. The van der Waals surface area contributed by atoms with E-state index in [1.165, 1.54) is 83.5 Å². The van der Waals surface area contributed by atoms with Gasteiger partial charge in [0.15, 0.2) is 0 Å². The number of esters is 1. The fourth-order valence-electron chi connectivity index (χ4n) is 6.21. The van der Waals surface area contributed by atoms with E-state index in [9.17, 15) is 9.59 Å². The van der Waals surface area contributed by atoms with Crippen molar-refractivity contribution >= 4 is 11.9 Å². The summed E-state index contributed by atoms with van der Waals surface area (Å²) in [4.78, 5) is 25.1. The minimum Gasteiger partial charge on any atom is -0.490 e. The molecule has 6 heteroatoms. The molecule has 2 atom stereocenters. The van der Waals surface area contributed by atoms with Crippen LogP contribution in [0.15, 0.2) is 66.2 Å². The van der Waals surface area contributed by atoms with Crippen molar-refractivity contribution in [2.45, 2.75) is 161 Å². The fraction of sp³-hybridized carbons (Fsp3) is 0.628. The van der Waals surface area contributed by atoms with Crippen molar-refractivity contribution in [3.8, 4) is 5.75 Å². The van der Waals surface area contributed by atoms with Crippen LogP contribution < -0.4 is 10.1 Å². The van der Waals surface area contributed by atoms with Crippen molar-refractivity contribution < 1.29 is 23.8 Å². The monoisotopic (exact) mass is 675 g/mol. The van der Waals surface area contributed by atoms with Gasteiger partial charge in [-0.1, -0.05) is 127 Å². The van der Waals surface area contributed by atoms with Crippen LogP contribution in [0.25, 0.3) is 0 Å². The zero-order valence-electron chi connectivity index (χ0n) is 31.1. The van der Waals surface area contributed by atoms with E-state index in [0.717, 1.165) is 36.1 Å². The Balaban J connectivity index is 1.29. The molecule has 2 aromatic rings. The Labute approximate surface area is 297 Å². The van der Waals surface area contributed by atoms with Crippen molar-refractivity contribution in [3.05, 3.63) is 77.4 Å². The number of ether oxygens (including phenoxy) is 3. The molecule has 49 heavy (non-hydrogen) atoms. The van der Waals surface area contributed by atoms with Gasteiger partial charge in [0.25, 0.3) is 5.91 Å². The number of rotatable bonds is 27. The van der Waals surface area contributed by atoms with Crippen LogP contribution in [0, 0.1) is 0 Å². The molecule has 6 nitrogen and oxygen atoms in total. The van der Waals surface area contributed by atoms with Crippen LogP contribution in [-0.4, -0.2) is 42.8 Å². The van der Waals surface area contributed by atoms with Crippen LogP contribution in [0.5, 0.6) is 5.75 Å². The quantitative estimate of drug-likeness (QED) is 0.0441. The second-order valence-corrected chi connectivity index (χ2v) is 14.4. The molecule has 1 heterocycles. The molecule has 0 spiro atoms. The Morgan fingerprint density at radius 3 is 1.92 bits per heavy atom. The van der Waals surface area contributed by atoms with Gasteiger partial charge in [-0.3, -0.25) is 9.59 Å². The molecule has 1 saturated heterocycles. The van der Waals surface area contributed by atoms with Gasteiger partial charge < -0.3 is 19.5 Å². The number of carbonyl (C=O) groups is 2. The molecule has 1 fully saturated rings. The zero-order chi connectivity index (χ0) is 35.2. The summed E-state index contributed by atoms with van der Waals surface area (Å²) in [6.45, 7) is 9.40. The number of nitrogens with one attached hydrogen (secondary N) is 1. The van der Waals surface area contributed by atoms with E-state index in [1.54, 1.807) is 0 Å². The lowest BCUT2D eigenvalue weighted by atomic mass is 10.0. The topological polar surface area (TPSA) is 77.2 Å². The maximum atomic E-state index is 12.8. The zero-order valence-corrected chi connectivity index (χ0v) is 31.1. The molecule has 272 valence electrons. The summed E-state index contributed by atoms with van der Waals surface area (Å²) in [6.07, 6.45) is 23.3. The molecule has 0 aromatic heterocycles. The third kappa shape index (κ3) is 17.4. The van der Waals surface area contributed by atoms with Gasteiger partial charge in [-0.15, -0.1) is 0 Å². The minimum absolute atomic E-state index is 0.0615. The van der Waals surface area contributed by atoms with Crippen LogP contribution in [0.2, 0.25) is 0 Å². The van der Waals surface area contributed by atoms with Crippen molar-refractivity contribution in [1.82, 2.24) is 5.32 Å². The van der Waals surface area contributed by atoms with E-state index in [2.05, 4.69) is 26.1 Å². The van der Waals surface area contributed by atoms with Crippen LogP contribution in [0.1, 0.15) is 153 Å². The molecule has 2 unspecified atom stereocenters. The first kappa shape index (κ1) is 40.3. The number of unbranched alkanes of at least 4 members (excludes halogenated alkanes) is 14. The highest BCUT2D eigenvalue weighted by molar-refractivity contribution is 5.94. The van der Waals surface area contributed by atoms with Crippen molar-refractivity contribution in [3.63, 3.8) is 0 Å². The summed E-state index contributed by atoms with van der Waals surface area (Å²) < 4.78 is 17.8. The molecule has 1 amide bonds. The van der Waals surface area contributed by atoms with Crippen molar-refractivity contribution in [2.24, 2.45) is 0 Å². The summed E-state index contributed by atoms with van der Waals surface area (Å²) in [5.41, 5.74) is 2.62. The van der Waals surface area contributed by atoms with Crippen LogP contribution in [0.4, 0.5) is 0 Å². The average molecular weight is 676 g/mol. The van der Waals surface area contributed by atoms with E-state index in [1.807, 2.05) is 67.6 Å². The molecule has 0 aliphatic carbocycles. The van der Waals surface area contributed by atoms with E-state index >= 15 is 0 Å². The number of carbonyl (C=O) groups excluding carboxylic acids is 2. The van der Waals surface area contributed by atoms with Gasteiger partial charge in [0.05, 0.1) is 11.7 Å². The predicted octanol–water partition coefficient (Wildman–Crippen LogP) is 10.7. The van der Waals surface area contributed by atoms with Crippen LogP contribution in [0.3, 0.4) is 0 Å². The number of amides is 1. The third-order valence-corrected chi connectivity index (χ3v) is 9.67. The molecule has 1 N–H and O–H groups in total. The lowest BCUT2D eigenvalue weighted by molar-refractivity contribution is -0.147. The van der Waals surface area contributed by atoms with E-state index < -0.39 is 0 Å². The van der Waals surface area contributed by atoms with Crippen LogP contribution >= 0.6 is 0 Å². The van der Waals surface area contributed by atoms with Gasteiger partial charge in [0.1, 0.15) is 18.5 Å². The Morgan fingerprint density at radius 1 is 0.816 bits per heavy atom. The molecule has 0 radical (unpaired) electrons. The van der Waals surface area contributed by atoms with Gasteiger partial charge >= 0.3 is 5.97 Å². The second-order valence-electron chi connectivity index (χ2n) is 14.4. The first-order valence-corrected chi connectivity index (χ1v) is 19.4. The summed E-state index contributed by atoms with van der Waals surface area (Å²) in [5, 5.41) is 2.97. The largest absolute Gasteiger partial charge is 0.490 e. The molecule has 1 aliphatic heterocycles. The average Bonchev–Trinajstić information content (AvgIpc) is 3.71. The molecular weight excluding hydrogens is 610 g/mol.